The van der Waals surface area contributed by atoms with E-state index in [2.05, 4.69) is 5.32 Å². The van der Waals surface area contributed by atoms with Gasteiger partial charge in [-0.15, -0.1) is 11.3 Å². The van der Waals surface area contributed by atoms with E-state index in [1.807, 2.05) is 36.6 Å². The first kappa shape index (κ1) is 13.5. The van der Waals surface area contributed by atoms with E-state index in [1.165, 1.54) is 0 Å². The highest BCUT2D eigenvalue weighted by molar-refractivity contribution is 7.10. The zero-order valence-electron chi connectivity index (χ0n) is 11.1. The van der Waals surface area contributed by atoms with Crippen LogP contribution in [0, 0.1) is 0 Å². The highest BCUT2D eigenvalue weighted by atomic mass is 32.1. The first-order valence-corrected chi connectivity index (χ1v) is 6.99. The van der Waals surface area contributed by atoms with Crippen molar-refractivity contribution in [3.8, 4) is 11.5 Å². The van der Waals surface area contributed by atoms with Gasteiger partial charge in [-0.05, 0) is 30.5 Å². The van der Waals surface area contributed by atoms with E-state index in [9.17, 15) is 0 Å². The molecule has 4 nitrogen and oxygen atoms in total. The second-order valence-corrected chi connectivity index (χ2v) is 4.95. The summed E-state index contributed by atoms with van der Waals surface area (Å²) in [7, 11) is 1.64. The van der Waals surface area contributed by atoms with Crippen LogP contribution in [0.25, 0.3) is 0 Å². The lowest BCUT2D eigenvalue weighted by atomic mass is 10.2. The summed E-state index contributed by atoms with van der Waals surface area (Å²) in [5, 5.41) is 5.32. The molecule has 0 aliphatic heterocycles. The molecule has 0 radical (unpaired) electrons. The molecule has 2 aromatic rings. The molecule has 0 spiro atoms. The Labute approximate surface area is 117 Å². The van der Waals surface area contributed by atoms with Crippen molar-refractivity contribution in [2.75, 3.05) is 24.8 Å². The van der Waals surface area contributed by atoms with E-state index in [0.717, 1.165) is 27.8 Å². The van der Waals surface area contributed by atoms with Gasteiger partial charge in [-0.2, -0.15) is 0 Å². The summed E-state index contributed by atoms with van der Waals surface area (Å²) in [5.74, 6) is 1.48. The molecular formula is C14H18N2O2S. The number of hydrogen-bond acceptors (Lipinski definition) is 5. The van der Waals surface area contributed by atoms with Crippen LogP contribution in [0.5, 0.6) is 11.5 Å². The maximum absolute atomic E-state index is 5.85. The molecule has 1 heterocycles. The van der Waals surface area contributed by atoms with E-state index >= 15 is 0 Å². The van der Waals surface area contributed by atoms with Crippen molar-refractivity contribution in [3.63, 3.8) is 0 Å². The minimum absolute atomic E-state index is 0.609. The molecule has 0 aliphatic carbocycles. The van der Waals surface area contributed by atoms with Gasteiger partial charge in [0.15, 0.2) is 11.5 Å². The number of nitrogens with one attached hydrogen (secondary N) is 1. The second-order valence-electron chi connectivity index (χ2n) is 3.95. The molecule has 1 aromatic carbocycles. The van der Waals surface area contributed by atoms with Gasteiger partial charge in [0.05, 0.1) is 20.3 Å². The molecule has 1 aromatic heterocycles. The molecule has 0 amide bonds. The summed E-state index contributed by atoms with van der Waals surface area (Å²) in [6, 6.07) is 7.71. The normalized spacial score (nSPS) is 10.2. The molecule has 19 heavy (non-hydrogen) atoms. The third-order valence-electron chi connectivity index (χ3n) is 2.70. The number of nitrogens with two attached hydrogens (primary N) is 1. The van der Waals surface area contributed by atoms with Crippen molar-refractivity contribution >= 4 is 22.7 Å². The quantitative estimate of drug-likeness (QED) is 0.851. The number of thiophene rings is 1. The Balaban J connectivity index is 2.08. The second kappa shape index (κ2) is 6.33. The number of methoxy groups -OCH3 is 1. The molecule has 3 N–H and O–H groups in total. The monoisotopic (exact) mass is 278 g/mol. The van der Waals surface area contributed by atoms with Crippen molar-refractivity contribution in [2.24, 2.45) is 0 Å². The first-order valence-electron chi connectivity index (χ1n) is 6.11. The summed E-state index contributed by atoms with van der Waals surface area (Å²) < 4.78 is 10.8. The van der Waals surface area contributed by atoms with Gasteiger partial charge in [0.25, 0.3) is 0 Å². The maximum atomic E-state index is 5.85. The molecule has 0 aliphatic rings. The number of ether oxygens (including phenoxy) is 2. The van der Waals surface area contributed by atoms with Gasteiger partial charge >= 0.3 is 0 Å². The fraction of sp³-hybridized carbons (Fsp3) is 0.286. The van der Waals surface area contributed by atoms with Crippen molar-refractivity contribution in [3.05, 3.63) is 34.5 Å². The lowest BCUT2D eigenvalue weighted by molar-refractivity contribution is 0.311. The van der Waals surface area contributed by atoms with Gasteiger partial charge in [-0.3, -0.25) is 0 Å². The lowest BCUT2D eigenvalue weighted by Gasteiger charge is -2.12. The Hall–Kier alpha value is -1.88. The van der Waals surface area contributed by atoms with Gasteiger partial charge in [-0.25, -0.2) is 0 Å². The number of nitrogen functional groups attached to an aromatic ring is 1. The van der Waals surface area contributed by atoms with Gasteiger partial charge in [-0.1, -0.05) is 0 Å². The van der Waals surface area contributed by atoms with Crippen LogP contribution in [0.1, 0.15) is 11.8 Å². The molecule has 102 valence electrons. The summed E-state index contributed by atoms with van der Waals surface area (Å²) >= 11 is 1.65. The molecule has 5 heteroatoms. The van der Waals surface area contributed by atoms with Crippen LogP contribution in [-0.2, 0) is 6.54 Å². The van der Waals surface area contributed by atoms with E-state index in [4.69, 9.17) is 15.2 Å². The van der Waals surface area contributed by atoms with E-state index < -0.39 is 0 Å². The Morgan fingerprint density at radius 3 is 2.74 bits per heavy atom. The van der Waals surface area contributed by atoms with E-state index in [1.54, 1.807) is 18.4 Å². The van der Waals surface area contributed by atoms with Crippen LogP contribution >= 0.6 is 11.3 Å². The topological polar surface area (TPSA) is 56.5 Å². The Kier molecular flexibility index (Phi) is 4.52. The maximum Gasteiger partial charge on any atom is 0.163 e. The Morgan fingerprint density at radius 1 is 1.26 bits per heavy atom. The van der Waals surface area contributed by atoms with Crippen LogP contribution in [-0.4, -0.2) is 13.7 Å². The van der Waals surface area contributed by atoms with Gasteiger partial charge in [0.2, 0.25) is 0 Å². The van der Waals surface area contributed by atoms with Gasteiger partial charge in [0.1, 0.15) is 0 Å². The Morgan fingerprint density at radius 2 is 2.11 bits per heavy atom. The minimum Gasteiger partial charge on any atom is -0.493 e. The van der Waals surface area contributed by atoms with Crippen LogP contribution in [0.2, 0.25) is 0 Å². The molecular weight excluding hydrogens is 260 g/mol. The predicted octanol–water partition coefficient (Wildman–Crippen LogP) is 3.35. The van der Waals surface area contributed by atoms with Crippen LogP contribution in [0.3, 0.4) is 0 Å². The fourth-order valence-electron chi connectivity index (χ4n) is 1.73. The fourth-order valence-corrected chi connectivity index (χ4v) is 2.47. The standard InChI is InChI=1S/C14H18N2O2S/c1-3-18-13-8-10(4-5-12(13)17-2)16-9-14-11(15)6-7-19-14/h4-8,16H,3,9,15H2,1-2H3. The largest absolute Gasteiger partial charge is 0.493 e. The lowest BCUT2D eigenvalue weighted by Crippen LogP contribution is -2.01. The predicted molar refractivity (Wildman–Crippen MR) is 80.2 cm³/mol. The van der Waals surface area contributed by atoms with Crippen molar-refractivity contribution in [2.45, 2.75) is 13.5 Å². The summed E-state index contributed by atoms with van der Waals surface area (Å²) in [6.45, 7) is 3.27. The molecule has 0 atom stereocenters. The Bertz CT molecular complexity index is 540. The average molecular weight is 278 g/mol. The smallest absolute Gasteiger partial charge is 0.163 e. The molecule has 0 unspecified atom stereocenters. The molecule has 0 bridgehead atoms. The zero-order chi connectivity index (χ0) is 13.7. The van der Waals surface area contributed by atoms with E-state index in [0.29, 0.717) is 13.2 Å². The summed E-state index contributed by atoms with van der Waals surface area (Å²) in [4.78, 5) is 1.13. The molecule has 0 saturated heterocycles. The average Bonchev–Trinajstić information content (AvgIpc) is 2.82. The third-order valence-corrected chi connectivity index (χ3v) is 3.63. The van der Waals surface area contributed by atoms with Crippen molar-refractivity contribution < 1.29 is 9.47 Å². The molecule has 2 rings (SSSR count). The van der Waals surface area contributed by atoms with Crippen molar-refractivity contribution in [1.29, 1.82) is 0 Å². The number of hydrogen-bond donors (Lipinski definition) is 2. The first-order chi connectivity index (χ1) is 9.24. The molecule has 0 fully saturated rings. The highest BCUT2D eigenvalue weighted by Gasteiger charge is 2.06. The number of benzene rings is 1. The van der Waals surface area contributed by atoms with Crippen LogP contribution < -0.4 is 20.5 Å². The third kappa shape index (κ3) is 3.32. The van der Waals surface area contributed by atoms with Crippen LogP contribution in [0.15, 0.2) is 29.6 Å². The van der Waals surface area contributed by atoms with Crippen LogP contribution in [0.4, 0.5) is 11.4 Å². The highest BCUT2D eigenvalue weighted by Crippen LogP contribution is 2.30. The number of rotatable bonds is 6. The number of anilines is 2. The van der Waals surface area contributed by atoms with E-state index in [-0.39, 0.29) is 0 Å². The summed E-state index contributed by atoms with van der Waals surface area (Å²) in [5.41, 5.74) is 7.67. The van der Waals surface area contributed by atoms with Gasteiger partial charge in [0, 0.05) is 22.3 Å². The SMILES string of the molecule is CCOc1cc(NCc2sccc2N)ccc1OC. The van der Waals surface area contributed by atoms with Gasteiger partial charge < -0.3 is 20.5 Å². The minimum atomic E-state index is 0.609. The van der Waals surface area contributed by atoms with Crippen molar-refractivity contribution in [1.82, 2.24) is 0 Å². The zero-order valence-corrected chi connectivity index (χ0v) is 11.9. The summed E-state index contributed by atoms with van der Waals surface area (Å²) in [6.07, 6.45) is 0. The molecule has 0 saturated carbocycles.